The fourth-order valence-corrected chi connectivity index (χ4v) is 4.71. The highest BCUT2D eigenvalue weighted by Crippen LogP contribution is 2.29. The number of hydrazone groups is 1. The van der Waals surface area contributed by atoms with Crippen molar-refractivity contribution in [1.82, 2.24) is 4.31 Å². The lowest BCUT2D eigenvalue weighted by Gasteiger charge is -2.21. The zero-order valence-electron chi connectivity index (χ0n) is 18.6. The lowest BCUT2D eigenvalue weighted by Crippen LogP contribution is -2.30. The minimum Gasteiger partial charge on any atom is -0.507 e. The minimum absolute atomic E-state index is 0.0233. The van der Waals surface area contributed by atoms with E-state index in [0.717, 1.165) is 24.8 Å². The summed E-state index contributed by atoms with van der Waals surface area (Å²) in [5.74, 6) is 0.0233. The highest BCUT2D eigenvalue weighted by molar-refractivity contribution is 7.89. The molecule has 0 aliphatic carbocycles. The van der Waals surface area contributed by atoms with E-state index >= 15 is 0 Å². The van der Waals surface area contributed by atoms with E-state index in [1.54, 1.807) is 26.0 Å². The molecule has 0 bridgehead atoms. The summed E-state index contributed by atoms with van der Waals surface area (Å²) in [5.41, 5.74) is 3.48. The molecule has 0 heterocycles. The van der Waals surface area contributed by atoms with Crippen molar-refractivity contribution in [1.29, 1.82) is 0 Å². The monoisotopic (exact) mass is 463 g/mol. The molecule has 0 saturated carbocycles. The van der Waals surface area contributed by atoms with E-state index in [0.29, 0.717) is 5.56 Å². The van der Waals surface area contributed by atoms with Gasteiger partial charge in [-0.05, 0) is 38.1 Å². The maximum absolute atomic E-state index is 12.7. The standard InChI is InChI=1S/C21H29N5O5S/c1-5-24(6-2)17-10-9-16(21(27)13-17)15-22-23-19-12-11-18(14-20(19)26(28)29)32(30,31)25(7-3)8-4/h9-15,23,27H,5-8H2,1-4H3/b22-15-. The molecule has 174 valence electrons. The van der Waals surface area contributed by atoms with E-state index in [-0.39, 0.29) is 29.4 Å². The molecule has 2 N–H and O–H groups in total. The summed E-state index contributed by atoms with van der Waals surface area (Å²) in [6, 6.07) is 8.79. The smallest absolute Gasteiger partial charge is 0.295 e. The van der Waals surface area contributed by atoms with Gasteiger partial charge in [0.15, 0.2) is 0 Å². The summed E-state index contributed by atoms with van der Waals surface area (Å²) in [5, 5.41) is 25.8. The number of nitro groups is 1. The second kappa shape index (κ2) is 10.9. The number of nitrogens with zero attached hydrogens (tertiary/aromatic N) is 4. The Hall–Kier alpha value is -3.18. The van der Waals surface area contributed by atoms with Crippen molar-refractivity contribution in [2.75, 3.05) is 36.5 Å². The third kappa shape index (κ3) is 5.54. The number of anilines is 2. The molecule has 0 unspecified atom stereocenters. The van der Waals surface area contributed by atoms with Crippen LogP contribution in [0, 0.1) is 10.1 Å². The van der Waals surface area contributed by atoms with Gasteiger partial charge < -0.3 is 10.0 Å². The first kappa shape index (κ1) is 25.1. The van der Waals surface area contributed by atoms with Crippen LogP contribution in [-0.2, 0) is 10.0 Å². The topological polar surface area (TPSA) is 128 Å². The first-order chi connectivity index (χ1) is 15.2. The lowest BCUT2D eigenvalue weighted by molar-refractivity contribution is -0.384. The van der Waals surface area contributed by atoms with Gasteiger partial charge in [-0.3, -0.25) is 15.5 Å². The molecular weight excluding hydrogens is 434 g/mol. The quantitative estimate of drug-likeness (QED) is 0.296. The molecule has 0 aromatic heterocycles. The molecule has 0 fully saturated rings. The number of phenolic OH excluding ortho intramolecular Hbond substituents is 1. The first-order valence-corrected chi connectivity index (χ1v) is 11.8. The maximum Gasteiger partial charge on any atom is 0.295 e. The lowest BCUT2D eigenvalue weighted by atomic mass is 10.2. The summed E-state index contributed by atoms with van der Waals surface area (Å²) in [6.07, 6.45) is 1.34. The molecule has 2 rings (SSSR count). The molecule has 0 atom stereocenters. The molecule has 11 heteroatoms. The zero-order chi connectivity index (χ0) is 23.9. The van der Waals surface area contributed by atoms with Crippen molar-refractivity contribution in [3.63, 3.8) is 0 Å². The highest BCUT2D eigenvalue weighted by Gasteiger charge is 2.25. The fraction of sp³-hybridized carbons (Fsp3) is 0.381. The first-order valence-electron chi connectivity index (χ1n) is 10.3. The van der Waals surface area contributed by atoms with Gasteiger partial charge in [-0.2, -0.15) is 9.41 Å². The molecule has 0 spiro atoms. The Morgan fingerprint density at radius 2 is 1.72 bits per heavy atom. The zero-order valence-corrected chi connectivity index (χ0v) is 19.5. The van der Waals surface area contributed by atoms with Crippen LogP contribution in [0.15, 0.2) is 46.4 Å². The molecule has 2 aromatic rings. The Bertz CT molecular complexity index is 1080. The van der Waals surface area contributed by atoms with Crippen LogP contribution < -0.4 is 10.3 Å². The number of phenols is 1. The number of aromatic hydroxyl groups is 1. The van der Waals surface area contributed by atoms with Gasteiger partial charge in [0, 0.05) is 49.6 Å². The summed E-state index contributed by atoms with van der Waals surface area (Å²) in [7, 11) is -3.83. The van der Waals surface area contributed by atoms with Crippen LogP contribution in [0.1, 0.15) is 33.3 Å². The predicted octanol–water partition coefficient (Wildman–Crippen LogP) is 3.62. The third-order valence-corrected chi connectivity index (χ3v) is 7.09. The van der Waals surface area contributed by atoms with Gasteiger partial charge in [-0.25, -0.2) is 8.42 Å². The summed E-state index contributed by atoms with van der Waals surface area (Å²) < 4.78 is 26.5. The van der Waals surface area contributed by atoms with Crippen LogP contribution >= 0.6 is 0 Å². The summed E-state index contributed by atoms with van der Waals surface area (Å²) >= 11 is 0. The van der Waals surface area contributed by atoms with E-state index in [9.17, 15) is 23.6 Å². The summed E-state index contributed by atoms with van der Waals surface area (Å²) in [6.45, 7) is 9.55. The molecule has 10 nitrogen and oxygen atoms in total. The Labute approximate surface area is 188 Å². The Kier molecular flexibility index (Phi) is 8.56. The number of sulfonamides is 1. The highest BCUT2D eigenvalue weighted by atomic mass is 32.2. The number of rotatable bonds is 11. The van der Waals surface area contributed by atoms with Crippen LogP contribution in [0.3, 0.4) is 0 Å². The van der Waals surface area contributed by atoms with Crippen LogP contribution in [0.2, 0.25) is 0 Å². The Morgan fingerprint density at radius 3 is 2.25 bits per heavy atom. The van der Waals surface area contributed by atoms with Crippen molar-refractivity contribution in [2.24, 2.45) is 5.10 Å². The van der Waals surface area contributed by atoms with E-state index in [1.165, 1.54) is 22.7 Å². The number of hydrogen-bond acceptors (Lipinski definition) is 8. The van der Waals surface area contributed by atoms with Gasteiger partial charge in [0.25, 0.3) is 5.69 Å². The van der Waals surface area contributed by atoms with Crippen LogP contribution in [0.25, 0.3) is 0 Å². The molecule has 0 aliphatic rings. The molecule has 2 aromatic carbocycles. The van der Waals surface area contributed by atoms with E-state index in [2.05, 4.69) is 15.4 Å². The maximum atomic E-state index is 12.7. The van der Waals surface area contributed by atoms with Crippen molar-refractivity contribution in [3.05, 3.63) is 52.1 Å². The van der Waals surface area contributed by atoms with Crippen LogP contribution in [0.5, 0.6) is 5.75 Å². The molecule has 0 aliphatic heterocycles. The summed E-state index contributed by atoms with van der Waals surface area (Å²) in [4.78, 5) is 12.8. The Balaban J connectivity index is 2.28. The average molecular weight is 464 g/mol. The van der Waals surface area contributed by atoms with Gasteiger partial charge in [0.05, 0.1) is 16.0 Å². The van der Waals surface area contributed by atoms with Crippen molar-refractivity contribution >= 4 is 33.3 Å². The number of hydrogen-bond donors (Lipinski definition) is 2. The predicted molar refractivity (Wildman–Crippen MR) is 126 cm³/mol. The van der Waals surface area contributed by atoms with Crippen molar-refractivity contribution < 1.29 is 18.4 Å². The van der Waals surface area contributed by atoms with Gasteiger partial charge in [0.2, 0.25) is 10.0 Å². The Morgan fingerprint density at radius 1 is 1.06 bits per heavy atom. The van der Waals surface area contributed by atoms with Crippen LogP contribution in [0.4, 0.5) is 17.1 Å². The fourth-order valence-electron chi connectivity index (χ4n) is 3.23. The van der Waals surface area contributed by atoms with Crippen molar-refractivity contribution in [3.8, 4) is 5.75 Å². The van der Waals surface area contributed by atoms with Gasteiger partial charge in [-0.15, -0.1) is 0 Å². The van der Waals surface area contributed by atoms with Crippen LogP contribution in [-0.4, -0.2) is 55.1 Å². The van der Waals surface area contributed by atoms with Gasteiger partial charge in [-0.1, -0.05) is 13.8 Å². The minimum atomic E-state index is -3.83. The average Bonchev–Trinajstić information content (AvgIpc) is 2.76. The number of benzene rings is 2. The van der Waals surface area contributed by atoms with E-state index in [1.807, 2.05) is 19.9 Å². The molecule has 0 amide bonds. The van der Waals surface area contributed by atoms with E-state index in [4.69, 9.17) is 0 Å². The molecule has 0 radical (unpaired) electrons. The van der Waals surface area contributed by atoms with Gasteiger partial charge in [0.1, 0.15) is 11.4 Å². The second-order valence-corrected chi connectivity index (χ2v) is 8.75. The third-order valence-electron chi connectivity index (χ3n) is 5.04. The molecular formula is C21H29N5O5S. The number of nitrogens with one attached hydrogen (secondary N) is 1. The second-order valence-electron chi connectivity index (χ2n) is 6.81. The largest absolute Gasteiger partial charge is 0.507 e. The normalized spacial score (nSPS) is 11.8. The van der Waals surface area contributed by atoms with Crippen molar-refractivity contribution in [2.45, 2.75) is 32.6 Å². The molecule has 0 saturated heterocycles. The SMILES string of the molecule is CCN(CC)c1ccc(/C=N\Nc2ccc(S(=O)(=O)N(CC)CC)cc2[N+](=O)[O-])c(O)c1. The molecule has 32 heavy (non-hydrogen) atoms. The van der Waals surface area contributed by atoms with E-state index < -0.39 is 20.6 Å². The van der Waals surface area contributed by atoms with Gasteiger partial charge >= 0.3 is 0 Å². The number of nitro benzene ring substituents is 1.